The summed E-state index contributed by atoms with van der Waals surface area (Å²) in [5, 5.41) is 14.1. The maximum atomic E-state index is 10.8. The summed E-state index contributed by atoms with van der Waals surface area (Å²) in [6, 6.07) is 22.0. The van der Waals surface area contributed by atoms with Crippen molar-refractivity contribution in [2.75, 3.05) is 11.1 Å². The summed E-state index contributed by atoms with van der Waals surface area (Å²) < 4.78 is 0. The third-order valence-corrected chi connectivity index (χ3v) is 4.69. The zero-order chi connectivity index (χ0) is 16.5. The fraction of sp³-hybridized carbons (Fsp3) is 0.143. The van der Waals surface area contributed by atoms with Crippen molar-refractivity contribution in [3.05, 3.63) is 89.0 Å². The van der Waals surface area contributed by atoms with Crippen LogP contribution in [0.2, 0.25) is 0 Å². The lowest BCUT2D eigenvalue weighted by atomic mass is 9.97. The summed E-state index contributed by atoms with van der Waals surface area (Å²) in [7, 11) is 0. The van der Waals surface area contributed by atoms with Crippen molar-refractivity contribution in [1.29, 1.82) is 0 Å². The highest BCUT2D eigenvalue weighted by atomic mass is 16.3. The van der Waals surface area contributed by atoms with E-state index in [4.69, 9.17) is 5.73 Å². The molecule has 0 fully saturated rings. The van der Waals surface area contributed by atoms with Crippen LogP contribution in [0.3, 0.4) is 0 Å². The van der Waals surface area contributed by atoms with Crippen LogP contribution in [0.1, 0.15) is 28.4 Å². The molecule has 4 N–H and O–H groups in total. The number of hydrogen-bond acceptors (Lipinski definition) is 3. The molecule has 0 aliphatic heterocycles. The van der Waals surface area contributed by atoms with E-state index in [-0.39, 0.29) is 0 Å². The lowest BCUT2D eigenvalue weighted by molar-refractivity contribution is 0.219. The first-order valence-electron chi connectivity index (χ1n) is 8.22. The van der Waals surface area contributed by atoms with Gasteiger partial charge < -0.3 is 16.2 Å². The van der Waals surface area contributed by atoms with Gasteiger partial charge in [-0.05, 0) is 59.4 Å². The number of nitrogen functional groups attached to an aromatic ring is 1. The lowest BCUT2D eigenvalue weighted by Gasteiger charge is -2.16. The van der Waals surface area contributed by atoms with Gasteiger partial charge in [-0.3, -0.25) is 0 Å². The molecule has 24 heavy (non-hydrogen) atoms. The molecule has 0 saturated carbocycles. The number of aryl methyl sites for hydroxylation is 2. The van der Waals surface area contributed by atoms with Crippen LogP contribution in [0, 0.1) is 0 Å². The molecule has 3 nitrogen and oxygen atoms in total. The second kappa shape index (κ2) is 6.02. The average Bonchev–Trinajstić information content (AvgIpc) is 2.75. The number of benzene rings is 3. The third-order valence-electron chi connectivity index (χ3n) is 4.69. The van der Waals surface area contributed by atoms with Gasteiger partial charge in [0.25, 0.3) is 0 Å². The molecule has 0 bridgehead atoms. The van der Waals surface area contributed by atoms with E-state index in [2.05, 4.69) is 17.4 Å². The predicted octanol–water partition coefficient (Wildman–Crippen LogP) is 4.19. The highest BCUT2D eigenvalue weighted by Crippen LogP contribution is 2.34. The van der Waals surface area contributed by atoms with E-state index in [9.17, 15) is 5.11 Å². The summed E-state index contributed by atoms with van der Waals surface area (Å²) in [5.41, 5.74) is 13.0. The number of rotatable bonds is 2. The van der Waals surface area contributed by atoms with Crippen molar-refractivity contribution in [1.82, 2.24) is 0 Å². The van der Waals surface area contributed by atoms with Crippen LogP contribution in [-0.2, 0) is 12.8 Å². The highest BCUT2D eigenvalue weighted by molar-refractivity contribution is 5.72. The number of aliphatic hydroxyl groups excluding tert-OH is 1. The van der Waals surface area contributed by atoms with Crippen LogP contribution in [0.15, 0.2) is 66.7 Å². The van der Waals surface area contributed by atoms with Crippen molar-refractivity contribution < 1.29 is 5.11 Å². The molecule has 0 radical (unpaired) electrons. The molecule has 1 aliphatic carbocycles. The quantitative estimate of drug-likeness (QED) is 0.621. The zero-order valence-electron chi connectivity index (χ0n) is 13.4. The molecular weight excluding hydrogens is 296 g/mol. The summed E-state index contributed by atoms with van der Waals surface area (Å²) >= 11 is 0. The first-order valence-corrected chi connectivity index (χ1v) is 8.22. The van der Waals surface area contributed by atoms with E-state index in [1.54, 1.807) is 0 Å². The summed E-state index contributed by atoms with van der Waals surface area (Å²) in [4.78, 5) is 0. The van der Waals surface area contributed by atoms with Crippen LogP contribution in [0.5, 0.6) is 0 Å². The van der Waals surface area contributed by atoms with Gasteiger partial charge in [0.2, 0.25) is 0 Å². The molecule has 1 atom stereocenters. The second-order valence-corrected chi connectivity index (χ2v) is 6.23. The van der Waals surface area contributed by atoms with Gasteiger partial charge in [-0.1, -0.05) is 42.5 Å². The minimum Gasteiger partial charge on any atom is -0.397 e. The molecular formula is C21H20N2O. The van der Waals surface area contributed by atoms with Gasteiger partial charge in [0.15, 0.2) is 0 Å². The van der Waals surface area contributed by atoms with Gasteiger partial charge in [0.1, 0.15) is 6.10 Å². The summed E-state index contributed by atoms with van der Waals surface area (Å²) in [5.74, 6) is 0. The highest BCUT2D eigenvalue weighted by Gasteiger charge is 2.21. The van der Waals surface area contributed by atoms with Gasteiger partial charge in [-0.2, -0.15) is 0 Å². The van der Waals surface area contributed by atoms with E-state index in [1.165, 1.54) is 11.1 Å². The number of anilines is 3. The standard InChI is InChI=1S/C21H20N2O/c22-19-7-3-4-8-20(19)23-16-11-12-18-15(13-16)10-9-14-5-1-2-6-17(14)21(18)24/h1-8,11-13,21,23-24H,9-10,22H2/t21-/m1/s1. The van der Waals surface area contributed by atoms with E-state index >= 15 is 0 Å². The Morgan fingerprint density at radius 3 is 2.42 bits per heavy atom. The molecule has 120 valence electrons. The Labute approximate surface area is 141 Å². The molecule has 0 aromatic heterocycles. The molecule has 0 unspecified atom stereocenters. The first kappa shape index (κ1) is 14.8. The van der Waals surface area contributed by atoms with Gasteiger partial charge >= 0.3 is 0 Å². The Morgan fingerprint density at radius 1 is 0.833 bits per heavy atom. The number of fused-ring (bicyclic) bond motifs is 2. The fourth-order valence-corrected chi connectivity index (χ4v) is 3.40. The third kappa shape index (κ3) is 2.63. The smallest absolute Gasteiger partial charge is 0.105 e. The Balaban J connectivity index is 1.68. The summed E-state index contributed by atoms with van der Waals surface area (Å²) in [6.07, 6.45) is 1.30. The molecule has 3 aromatic rings. The molecule has 3 heteroatoms. The van der Waals surface area contributed by atoms with Gasteiger partial charge in [0.05, 0.1) is 11.4 Å². The average molecular weight is 316 g/mol. The number of nitrogens with two attached hydrogens (primary N) is 1. The Bertz CT molecular complexity index is 889. The van der Waals surface area contributed by atoms with Crippen molar-refractivity contribution in [2.24, 2.45) is 0 Å². The Hall–Kier alpha value is -2.78. The fourth-order valence-electron chi connectivity index (χ4n) is 3.40. The first-order chi connectivity index (χ1) is 11.7. The number of hydrogen-bond donors (Lipinski definition) is 3. The van der Waals surface area contributed by atoms with Crippen LogP contribution >= 0.6 is 0 Å². The molecule has 0 heterocycles. The molecule has 3 aromatic carbocycles. The molecule has 0 saturated heterocycles. The van der Waals surface area contributed by atoms with E-state index in [0.717, 1.165) is 41.0 Å². The maximum absolute atomic E-state index is 10.8. The van der Waals surface area contributed by atoms with Crippen LogP contribution in [0.4, 0.5) is 17.1 Å². The van der Waals surface area contributed by atoms with Crippen LogP contribution in [0.25, 0.3) is 0 Å². The van der Waals surface area contributed by atoms with Gasteiger partial charge in [-0.15, -0.1) is 0 Å². The number of nitrogens with one attached hydrogen (secondary N) is 1. The number of aliphatic hydroxyl groups is 1. The zero-order valence-corrected chi connectivity index (χ0v) is 13.4. The van der Waals surface area contributed by atoms with Crippen molar-refractivity contribution >= 4 is 17.1 Å². The topological polar surface area (TPSA) is 58.3 Å². The maximum Gasteiger partial charge on any atom is 0.105 e. The largest absolute Gasteiger partial charge is 0.397 e. The molecule has 0 spiro atoms. The SMILES string of the molecule is Nc1ccccc1Nc1ccc2c(c1)CCc1ccccc1[C@H]2O. The van der Waals surface area contributed by atoms with Crippen molar-refractivity contribution in [2.45, 2.75) is 18.9 Å². The minimum absolute atomic E-state index is 0.561. The minimum atomic E-state index is -0.561. The van der Waals surface area contributed by atoms with Crippen molar-refractivity contribution in [3.8, 4) is 0 Å². The molecule has 4 rings (SSSR count). The Kier molecular flexibility index (Phi) is 3.71. The van der Waals surface area contributed by atoms with E-state index in [0.29, 0.717) is 0 Å². The summed E-state index contributed by atoms with van der Waals surface area (Å²) in [6.45, 7) is 0. The Morgan fingerprint density at radius 2 is 1.54 bits per heavy atom. The van der Waals surface area contributed by atoms with Gasteiger partial charge in [-0.25, -0.2) is 0 Å². The molecule has 0 amide bonds. The predicted molar refractivity (Wildman–Crippen MR) is 98.5 cm³/mol. The normalized spacial score (nSPS) is 16.0. The lowest BCUT2D eigenvalue weighted by Crippen LogP contribution is -2.03. The van der Waals surface area contributed by atoms with E-state index < -0.39 is 6.10 Å². The molecule has 1 aliphatic rings. The van der Waals surface area contributed by atoms with Gasteiger partial charge in [0, 0.05) is 5.69 Å². The van der Waals surface area contributed by atoms with Crippen LogP contribution in [-0.4, -0.2) is 5.11 Å². The van der Waals surface area contributed by atoms with Crippen LogP contribution < -0.4 is 11.1 Å². The monoisotopic (exact) mass is 316 g/mol. The second-order valence-electron chi connectivity index (χ2n) is 6.23. The number of para-hydroxylation sites is 2. The van der Waals surface area contributed by atoms with Crippen molar-refractivity contribution in [3.63, 3.8) is 0 Å². The van der Waals surface area contributed by atoms with E-state index in [1.807, 2.05) is 54.6 Å².